The molecule has 0 bridgehead atoms. The molecule has 0 spiro atoms. The van der Waals surface area contributed by atoms with Gasteiger partial charge < -0.3 is 9.47 Å². The Morgan fingerprint density at radius 2 is 1.75 bits per heavy atom. The summed E-state index contributed by atoms with van der Waals surface area (Å²) in [5.41, 5.74) is 0.333. The maximum atomic E-state index is 12.9. The van der Waals surface area contributed by atoms with Crippen LogP contribution in [0.15, 0.2) is 24.3 Å². The highest BCUT2D eigenvalue weighted by atomic mass is 19.1. The Kier molecular flexibility index (Phi) is 8.15. The molecule has 0 heterocycles. The first-order valence-electron chi connectivity index (χ1n) is 9.90. The van der Waals surface area contributed by atoms with Crippen molar-refractivity contribution in [1.82, 2.24) is 0 Å². The summed E-state index contributed by atoms with van der Waals surface area (Å²) < 4.78 is 23.4. The van der Waals surface area contributed by atoms with Crippen LogP contribution in [0.1, 0.15) is 63.2 Å². The van der Waals surface area contributed by atoms with Crippen LogP contribution < -0.4 is 0 Å². The summed E-state index contributed by atoms with van der Waals surface area (Å²) in [5.74, 6) is -0.646. The molecule has 0 aliphatic heterocycles. The number of hydrogen-bond donors (Lipinski definition) is 0. The van der Waals surface area contributed by atoms with Crippen LogP contribution in [0, 0.1) is 23.6 Å². The zero-order chi connectivity index (χ0) is 20.7. The van der Waals surface area contributed by atoms with Gasteiger partial charge in [0.2, 0.25) is 0 Å². The van der Waals surface area contributed by atoms with E-state index in [1.165, 1.54) is 24.3 Å². The molecule has 0 N–H and O–H groups in total. The molecule has 0 amide bonds. The van der Waals surface area contributed by atoms with Crippen LogP contribution in [0.4, 0.5) is 4.39 Å². The number of benzene rings is 1. The highest BCUT2D eigenvalue weighted by Gasteiger charge is 2.33. The first-order valence-corrected chi connectivity index (χ1v) is 9.90. The van der Waals surface area contributed by atoms with E-state index in [4.69, 9.17) is 9.47 Å². The average molecular weight is 392 g/mol. The standard InChI is InChI=1S/C22H29FO5/c1-14(2)18-9-4-15(3)12-20(18)28-22(26)13-27-21(25)11-10-19(24)16-5-7-17(23)8-6-16/h5-8,14-15,18,20H,4,9-13H2,1-3H3/t15-,18+,20-/m1/s1. The van der Waals surface area contributed by atoms with Crippen LogP contribution in [0.2, 0.25) is 0 Å². The Labute approximate surface area is 165 Å². The molecule has 28 heavy (non-hydrogen) atoms. The lowest BCUT2D eigenvalue weighted by Gasteiger charge is -2.36. The highest BCUT2D eigenvalue weighted by Crippen LogP contribution is 2.35. The van der Waals surface area contributed by atoms with Crippen molar-refractivity contribution in [3.63, 3.8) is 0 Å². The Bertz CT molecular complexity index is 683. The summed E-state index contributed by atoms with van der Waals surface area (Å²) in [4.78, 5) is 35.9. The lowest BCUT2D eigenvalue weighted by Crippen LogP contribution is -2.36. The Morgan fingerprint density at radius 3 is 2.39 bits per heavy atom. The van der Waals surface area contributed by atoms with Gasteiger partial charge in [-0.05, 0) is 54.9 Å². The van der Waals surface area contributed by atoms with E-state index in [0.29, 0.717) is 23.3 Å². The lowest BCUT2D eigenvalue weighted by molar-refractivity contribution is -0.167. The summed E-state index contributed by atoms with van der Waals surface area (Å²) in [6, 6.07) is 5.13. The van der Waals surface area contributed by atoms with Crippen molar-refractivity contribution in [3.05, 3.63) is 35.6 Å². The van der Waals surface area contributed by atoms with Crippen molar-refractivity contribution >= 4 is 17.7 Å². The number of ketones is 1. The predicted octanol–water partition coefficient (Wildman–Crippen LogP) is 4.34. The van der Waals surface area contributed by atoms with Crippen LogP contribution in [0.5, 0.6) is 0 Å². The smallest absolute Gasteiger partial charge is 0.344 e. The SMILES string of the molecule is CC(C)[C@@H]1CC[C@@H](C)C[C@H]1OC(=O)COC(=O)CCC(=O)c1ccc(F)cc1. The largest absolute Gasteiger partial charge is 0.460 e. The average Bonchev–Trinajstić information content (AvgIpc) is 2.64. The fourth-order valence-corrected chi connectivity index (χ4v) is 3.66. The molecule has 0 unspecified atom stereocenters. The zero-order valence-corrected chi connectivity index (χ0v) is 16.8. The van der Waals surface area contributed by atoms with Crippen molar-refractivity contribution < 1.29 is 28.2 Å². The summed E-state index contributed by atoms with van der Waals surface area (Å²) in [5, 5.41) is 0. The number of halogens is 1. The summed E-state index contributed by atoms with van der Waals surface area (Å²) in [6.07, 6.45) is 2.65. The fourth-order valence-electron chi connectivity index (χ4n) is 3.66. The summed E-state index contributed by atoms with van der Waals surface area (Å²) >= 11 is 0. The number of carbonyl (C=O) groups excluding carboxylic acids is 3. The maximum Gasteiger partial charge on any atom is 0.344 e. The van der Waals surface area contributed by atoms with E-state index in [0.717, 1.165) is 19.3 Å². The van der Waals surface area contributed by atoms with Crippen molar-refractivity contribution in [1.29, 1.82) is 0 Å². The number of esters is 2. The molecule has 1 saturated carbocycles. The van der Waals surface area contributed by atoms with Gasteiger partial charge in [-0.3, -0.25) is 9.59 Å². The molecule has 2 rings (SSSR count). The third kappa shape index (κ3) is 6.73. The molecule has 1 aliphatic carbocycles. The third-order valence-electron chi connectivity index (χ3n) is 5.32. The van der Waals surface area contributed by atoms with E-state index in [1.54, 1.807) is 0 Å². The van der Waals surface area contributed by atoms with Gasteiger partial charge in [0, 0.05) is 12.0 Å². The van der Waals surface area contributed by atoms with Gasteiger partial charge in [0.15, 0.2) is 12.4 Å². The molecule has 6 heteroatoms. The topological polar surface area (TPSA) is 69.7 Å². The van der Waals surface area contributed by atoms with Gasteiger partial charge in [-0.2, -0.15) is 0 Å². The van der Waals surface area contributed by atoms with E-state index >= 15 is 0 Å². The van der Waals surface area contributed by atoms with E-state index in [2.05, 4.69) is 20.8 Å². The molecule has 0 saturated heterocycles. The van der Waals surface area contributed by atoms with Crippen molar-refractivity contribution in [2.75, 3.05) is 6.61 Å². The van der Waals surface area contributed by atoms with E-state index in [-0.39, 0.29) is 24.7 Å². The second kappa shape index (κ2) is 10.3. The number of ether oxygens (including phenoxy) is 2. The number of rotatable bonds is 8. The Balaban J connectivity index is 1.73. The maximum absolute atomic E-state index is 12.9. The first kappa shape index (κ1) is 22.1. The Hall–Kier alpha value is -2.24. The van der Waals surface area contributed by atoms with Crippen LogP contribution in [0.25, 0.3) is 0 Å². The highest BCUT2D eigenvalue weighted by molar-refractivity contribution is 5.97. The summed E-state index contributed by atoms with van der Waals surface area (Å²) in [6.45, 7) is 5.95. The second-order valence-corrected chi connectivity index (χ2v) is 7.95. The third-order valence-corrected chi connectivity index (χ3v) is 5.32. The molecule has 154 valence electrons. The van der Waals surface area contributed by atoms with Gasteiger partial charge in [0.25, 0.3) is 0 Å². The van der Waals surface area contributed by atoms with Gasteiger partial charge >= 0.3 is 11.9 Å². The van der Waals surface area contributed by atoms with E-state index < -0.39 is 24.4 Å². The zero-order valence-electron chi connectivity index (χ0n) is 16.8. The van der Waals surface area contributed by atoms with Crippen molar-refractivity contribution in [2.45, 2.75) is 59.0 Å². The Morgan fingerprint density at radius 1 is 1.07 bits per heavy atom. The quantitative estimate of drug-likeness (QED) is 0.486. The van der Waals surface area contributed by atoms with E-state index in [9.17, 15) is 18.8 Å². The van der Waals surface area contributed by atoms with Gasteiger partial charge in [0.1, 0.15) is 11.9 Å². The molecule has 0 radical (unpaired) electrons. The fraction of sp³-hybridized carbons (Fsp3) is 0.591. The van der Waals surface area contributed by atoms with Crippen LogP contribution in [-0.4, -0.2) is 30.4 Å². The lowest BCUT2D eigenvalue weighted by atomic mass is 9.75. The van der Waals surface area contributed by atoms with Crippen LogP contribution >= 0.6 is 0 Å². The van der Waals surface area contributed by atoms with Crippen LogP contribution in [-0.2, 0) is 19.1 Å². The van der Waals surface area contributed by atoms with Crippen molar-refractivity contribution in [2.24, 2.45) is 17.8 Å². The predicted molar refractivity (Wildman–Crippen MR) is 102 cm³/mol. The minimum absolute atomic E-state index is 0.0604. The molecular weight excluding hydrogens is 363 g/mol. The van der Waals surface area contributed by atoms with Crippen LogP contribution in [0.3, 0.4) is 0 Å². The molecule has 5 nitrogen and oxygen atoms in total. The number of Topliss-reactive ketones (excluding diaryl/α,β-unsaturated/α-hetero) is 1. The van der Waals surface area contributed by atoms with Gasteiger partial charge in [0.05, 0.1) is 6.42 Å². The summed E-state index contributed by atoms with van der Waals surface area (Å²) in [7, 11) is 0. The van der Waals surface area contributed by atoms with Crippen molar-refractivity contribution in [3.8, 4) is 0 Å². The van der Waals surface area contributed by atoms with Gasteiger partial charge in [-0.1, -0.05) is 27.2 Å². The second-order valence-electron chi connectivity index (χ2n) is 7.95. The van der Waals surface area contributed by atoms with E-state index in [1.807, 2.05) is 0 Å². The minimum Gasteiger partial charge on any atom is -0.460 e. The van der Waals surface area contributed by atoms with Gasteiger partial charge in [-0.25, -0.2) is 9.18 Å². The normalized spacial score (nSPS) is 22.0. The molecule has 0 aromatic heterocycles. The molecule has 3 atom stereocenters. The molecule has 1 fully saturated rings. The number of carbonyl (C=O) groups is 3. The molecule has 1 aromatic carbocycles. The number of hydrogen-bond acceptors (Lipinski definition) is 5. The monoisotopic (exact) mass is 392 g/mol. The molecule has 1 aliphatic rings. The molecule has 1 aromatic rings. The first-order chi connectivity index (χ1) is 13.3. The minimum atomic E-state index is -0.634. The van der Waals surface area contributed by atoms with Gasteiger partial charge in [-0.15, -0.1) is 0 Å². The molecular formula is C22H29FO5.